The molecule has 2 aromatic rings. The third-order valence-electron chi connectivity index (χ3n) is 5.75. The number of carbonyl (C=O) groups is 1. The Morgan fingerprint density at radius 2 is 1.97 bits per heavy atom. The lowest BCUT2D eigenvalue weighted by molar-refractivity contribution is -0.137. The van der Waals surface area contributed by atoms with Crippen molar-refractivity contribution in [3.8, 4) is 0 Å². The molecule has 3 N–H and O–H groups in total. The zero-order chi connectivity index (χ0) is 25.1. The average molecular weight is 499 g/mol. The Hall–Kier alpha value is -2.66. The first kappa shape index (κ1) is 26.0. The van der Waals surface area contributed by atoms with E-state index in [0.717, 1.165) is 50.4 Å². The van der Waals surface area contributed by atoms with Crippen molar-refractivity contribution in [3.05, 3.63) is 47.7 Å². The maximum absolute atomic E-state index is 13.5. The topological polar surface area (TPSA) is 105 Å². The van der Waals surface area contributed by atoms with Gasteiger partial charge in [0.15, 0.2) is 0 Å². The summed E-state index contributed by atoms with van der Waals surface area (Å²) in [6.07, 6.45) is 0.590. The minimum absolute atomic E-state index is 0.0454. The Morgan fingerprint density at radius 1 is 1.24 bits per heavy atom. The summed E-state index contributed by atoms with van der Waals surface area (Å²) in [6, 6.07) is 6.08. The molecule has 1 unspecified atom stereocenters. The van der Waals surface area contributed by atoms with Crippen LogP contribution in [-0.4, -0.2) is 31.9 Å². The first-order valence-electron chi connectivity index (χ1n) is 11.1. The third-order valence-corrected chi connectivity index (χ3v) is 6.66. The number of anilines is 2. The van der Waals surface area contributed by atoms with Gasteiger partial charge in [0.1, 0.15) is 5.82 Å². The Bertz CT molecular complexity index is 1140. The fourth-order valence-corrected chi connectivity index (χ4v) is 4.76. The van der Waals surface area contributed by atoms with Gasteiger partial charge in [-0.25, -0.2) is 18.5 Å². The molecule has 0 radical (unpaired) electrons. The molecule has 11 heteroatoms. The molecule has 34 heavy (non-hydrogen) atoms. The van der Waals surface area contributed by atoms with Crippen molar-refractivity contribution in [2.45, 2.75) is 63.1 Å². The van der Waals surface area contributed by atoms with Crippen LogP contribution in [0.25, 0.3) is 0 Å². The number of hydrogen-bond donors (Lipinski definition) is 2. The second-order valence-corrected chi connectivity index (χ2v) is 10.5. The van der Waals surface area contributed by atoms with E-state index < -0.39 is 27.7 Å². The predicted octanol–water partition coefficient (Wildman–Crippen LogP) is 4.80. The highest BCUT2D eigenvalue weighted by molar-refractivity contribution is 7.89. The van der Waals surface area contributed by atoms with Crippen LogP contribution in [0.1, 0.15) is 61.9 Å². The van der Waals surface area contributed by atoms with Crippen LogP contribution in [-0.2, 0) is 16.2 Å². The van der Waals surface area contributed by atoms with Crippen LogP contribution in [0.5, 0.6) is 0 Å². The van der Waals surface area contributed by atoms with Gasteiger partial charge >= 0.3 is 6.18 Å². The van der Waals surface area contributed by atoms with Gasteiger partial charge < -0.3 is 10.2 Å². The average Bonchev–Trinajstić information content (AvgIpc) is 2.97. The van der Waals surface area contributed by atoms with Gasteiger partial charge in [-0.2, -0.15) is 13.2 Å². The summed E-state index contributed by atoms with van der Waals surface area (Å²) in [4.78, 5) is 19.0. The summed E-state index contributed by atoms with van der Waals surface area (Å²) in [5, 5.41) is 7.65. The van der Waals surface area contributed by atoms with Crippen LogP contribution in [0.15, 0.2) is 41.4 Å². The molecule has 1 saturated heterocycles. The number of nitrogens with one attached hydrogen (secondary N) is 1. The molecule has 0 spiro atoms. The van der Waals surface area contributed by atoms with Gasteiger partial charge in [-0.1, -0.05) is 32.8 Å². The number of amides is 1. The third kappa shape index (κ3) is 6.47. The molecule has 0 aliphatic carbocycles. The largest absolute Gasteiger partial charge is 0.417 e. The normalized spacial score (nSPS) is 17.5. The van der Waals surface area contributed by atoms with Crippen molar-refractivity contribution in [1.29, 1.82) is 0 Å². The SMILES string of the molecule is CC(C)CC1CCCCCN1c1ncc(C(F)(F)F)cc1C(=O)Nc1cccc(S(N)(=O)=O)c1. The highest BCUT2D eigenvalue weighted by Crippen LogP contribution is 2.34. The minimum Gasteiger partial charge on any atom is -0.353 e. The first-order valence-corrected chi connectivity index (χ1v) is 12.7. The number of nitrogens with zero attached hydrogens (tertiary/aromatic N) is 2. The van der Waals surface area contributed by atoms with Crippen molar-refractivity contribution in [2.24, 2.45) is 11.1 Å². The smallest absolute Gasteiger partial charge is 0.353 e. The number of hydrogen-bond acceptors (Lipinski definition) is 5. The fourth-order valence-electron chi connectivity index (χ4n) is 4.20. The van der Waals surface area contributed by atoms with Crippen LogP contribution in [0.3, 0.4) is 0 Å². The molecular weight excluding hydrogens is 469 g/mol. The summed E-state index contributed by atoms with van der Waals surface area (Å²) in [6.45, 7) is 4.74. The Kier molecular flexibility index (Phi) is 7.87. The van der Waals surface area contributed by atoms with Gasteiger partial charge in [0, 0.05) is 24.5 Å². The van der Waals surface area contributed by atoms with Crippen LogP contribution in [0.4, 0.5) is 24.7 Å². The van der Waals surface area contributed by atoms with Crippen molar-refractivity contribution >= 4 is 27.4 Å². The molecule has 1 amide bonds. The second kappa shape index (κ2) is 10.3. The van der Waals surface area contributed by atoms with Gasteiger partial charge in [0.05, 0.1) is 16.0 Å². The van der Waals surface area contributed by atoms with E-state index in [1.54, 1.807) is 0 Å². The minimum atomic E-state index is -4.68. The highest BCUT2D eigenvalue weighted by atomic mass is 32.2. The maximum atomic E-state index is 13.5. The fraction of sp³-hybridized carbons (Fsp3) is 0.478. The Morgan fingerprint density at radius 3 is 2.62 bits per heavy atom. The van der Waals surface area contributed by atoms with Gasteiger partial charge in [-0.05, 0) is 49.4 Å². The van der Waals surface area contributed by atoms with Gasteiger partial charge in [-0.15, -0.1) is 0 Å². The number of nitrogens with two attached hydrogens (primary N) is 1. The van der Waals surface area contributed by atoms with Crippen LogP contribution in [0.2, 0.25) is 0 Å². The van der Waals surface area contributed by atoms with Crippen molar-refractivity contribution in [1.82, 2.24) is 4.98 Å². The molecule has 0 saturated carbocycles. The molecule has 0 bridgehead atoms. The lowest BCUT2D eigenvalue weighted by Crippen LogP contribution is -2.38. The maximum Gasteiger partial charge on any atom is 0.417 e. The van der Waals surface area contributed by atoms with Crippen LogP contribution >= 0.6 is 0 Å². The Balaban J connectivity index is 2.04. The number of pyridine rings is 1. The lowest BCUT2D eigenvalue weighted by atomic mass is 9.98. The van der Waals surface area contributed by atoms with E-state index in [-0.39, 0.29) is 28.0 Å². The van der Waals surface area contributed by atoms with E-state index in [1.165, 1.54) is 18.2 Å². The highest BCUT2D eigenvalue weighted by Gasteiger charge is 2.34. The molecule has 186 valence electrons. The monoisotopic (exact) mass is 498 g/mol. The molecule has 1 aliphatic rings. The van der Waals surface area contributed by atoms with Gasteiger partial charge in [0.2, 0.25) is 10.0 Å². The Labute approximate surface area is 197 Å². The van der Waals surface area contributed by atoms with Crippen LogP contribution < -0.4 is 15.4 Å². The summed E-state index contributed by atoms with van der Waals surface area (Å²) in [7, 11) is -4.02. The zero-order valence-corrected chi connectivity index (χ0v) is 19.9. The number of aromatic nitrogens is 1. The summed E-state index contributed by atoms with van der Waals surface area (Å²) < 4.78 is 63.7. The molecule has 1 aromatic carbocycles. The zero-order valence-electron chi connectivity index (χ0n) is 19.1. The van der Waals surface area contributed by atoms with E-state index in [1.807, 2.05) is 4.90 Å². The summed E-state index contributed by atoms with van der Waals surface area (Å²) in [5.74, 6) is -0.258. The van der Waals surface area contributed by atoms with E-state index in [0.29, 0.717) is 12.5 Å². The molecule has 1 aliphatic heterocycles. The first-order chi connectivity index (χ1) is 15.9. The number of halogens is 3. The quantitative estimate of drug-likeness (QED) is 0.596. The number of primary sulfonamides is 1. The molecule has 1 atom stereocenters. The van der Waals surface area contributed by atoms with Gasteiger partial charge in [-0.3, -0.25) is 4.79 Å². The molecular formula is C23H29F3N4O3S. The number of alkyl halides is 3. The van der Waals surface area contributed by atoms with Crippen molar-refractivity contribution in [2.75, 3.05) is 16.8 Å². The summed E-state index contributed by atoms with van der Waals surface area (Å²) in [5.41, 5.74) is -1.16. The van der Waals surface area contributed by atoms with E-state index in [4.69, 9.17) is 5.14 Å². The molecule has 1 fully saturated rings. The number of carbonyl (C=O) groups excluding carboxylic acids is 1. The van der Waals surface area contributed by atoms with Gasteiger partial charge in [0.25, 0.3) is 5.91 Å². The summed E-state index contributed by atoms with van der Waals surface area (Å²) >= 11 is 0. The van der Waals surface area contributed by atoms with Crippen molar-refractivity contribution in [3.63, 3.8) is 0 Å². The molecule has 3 rings (SSSR count). The number of benzene rings is 1. The number of sulfonamides is 1. The molecule has 1 aromatic heterocycles. The molecule has 2 heterocycles. The van der Waals surface area contributed by atoms with Crippen LogP contribution in [0, 0.1) is 5.92 Å². The standard InChI is InChI=1S/C23H29F3N4O3S/c1-15(2)11-18-8-4-3-5-10-30(18)21-20(12-16(14-28-21)23(24,25)26)22(31)29-17-7-6-9-19(13-17)34(27,32)33/h6-7,9,12-15,18H,3-5,8,10-11H2,1-2H3,(H,29,31)(H2,27,32,33). The number of rotatable bonds is 6. The van der Waals surface area contributed by atoms with E-state index in [9.17, 15) is 26.4 Å². The molecule has 7 nitrogen and oxygen atoms in total. The lowest BCUT2D eigenvalue weighted by Gasteiger charge is -2.33. The predicted molar refractivity (Wildman–Crippen MR) is 124 cm³/mol. The van der Waals surface area contributed by atoms with E-state index >= 15 is 0 Å². The second-order valence-electron chi connectivity index (χ2n) is 8.95. The van der Waals surface area contributed by atoms with Crippen molar-refractivity contribution < 1.29 is 26.4 Å². The van der Waals surface area contributed by atoms with E-state index in [2.05, 4.69) is 24.1 Å².